The fraction of sp³-hybridized carbons (Fsp3) is 0.0714. The summed E-state index contributed by atoms with van der Waals surface area (Å²) in [5.74, 6) is -0.0648. The first kappa shape index (κ1) is 13.6. The molecule has 4 aromatic rings. The van der Waals surface area contributed by atoms with Crippen LogP contribution in [-0.4, -0.2) is 31.2 Å². The van der Waals surface area contributed by atoms with E-state index in [-0.39, 0.29) is 11.9 Å². The molecular formula is C14H10N6O2S. The quantitative estimate of drug-likeness (QED) is 0.599. The van der Waals surface area contributed by atoms with Crippen molar-refractivity contribution in [2.75, 3.05) is 5.32 Å². The lowest BCUT2D eigenvalue weighted by atomic mass is 10.1. The number of hydrogen-bond donors (Lipinski definition) is 2. The molecule has 4 heterocycles. The number of pyridine rings is 1. The molecule has 0 aliphatic carbocycles. The predicted molar refractivity (Wildman–Crippen MR) is 84.2 cm³/mol. The summed E-state index contributed by atoms with van der Waals surface area (Å²) in [5, 5.41) is 15.4. The molecule has 9 heteroatoms. The van der Waals surface area contributed by atoms with Crippen molar-refractivity contribution in [1.82, 2.24) is 25.3 Å². The zero-order chi connectivity index (χ0) is 15.8. The normalized spacial score (nSPS) is 11.0. The van der Waals surface area contributed by atoms with Gasteiger partial charge in [-0.25, -0.2) is 10.1 Å². The van der Waals surface area contributed by atoms with Crippen molar-refractivity contribution in [3.8, 4) is 10.6 Å². The minimum absolute atomic E-state index is 0.270. The van der Waals surface area contributed by atoms with Crippen LogP contribution in [0.15, 0.2) is 34.4 Å². The van der Waals surface area contributed by atoms with Crippen molar-refractivity contribution in [3.63, 3.8) is 0 Å². The molecule has 1 amide bonds. The average Bonchev–Trinajstić information content (AvgIpc) is 3.28. The highest BCUT2D eigenvalue weighted by Crippen LogP contribution is 2.29. The number of nitrogens with one attached hydrogen (secondary N) is 2. The molecule has 4 rings (SSSR count). The highest BCUT2D eigenvalue weighted by molar-refractivity contribution is 7.13. The van der Waals surface area contributed by atoms with Crippen LogP contribution in [0.1, 0.15) is 16.1 Å². The first-order valence-corrected chi connectivity index (χ1v) is 7.58. The zero-order valence-corrected chi connectivity index (χ0v) is 12.7. The Morgan fingerprint density at radius 1 is 1.43 bits per heavy atom. The Morgan fingerprint density at radius 2 is 2.35 bits per heavy atom. The summed E-state index contributed by atoms with van der Waals surface area (Å²) in [5.41, 5.74) is 2.02. The van der Waals surface area contributed by atoms with E-state index in [4.69, 9.17) is 4.52 Å². The number of amides is 1. The second-order valence-electron chi connectivity index (χ2n) is 4.77. The van der Waals surface area contributed by atoms with Gasteiger partial charge in [-0.15, -0.1) is 11.3 Å². The minimum Gasteiger partial charge on any atom is -0.335 e. The van der Waals surface area contributed by atoms with Gasteiger partial charge in [0.05, 0.1) is 27.2 Å². The molecule has 114 valence electrons. The van der Waals surface area contributed by atoms with E-state index in [1.807, 2.05) is 17.5 Å². The summed E-state index contributed by atoms with van der Waals surface area (Å²) in [6.45, 7) is 1.77. The summed E-state index contributed by atoms with van der Waals surface area (Å²) in [6.07, 6.45) is 1.32. The van der Waals surface area contributed by atoms with Gasteiger partial charge in [-0.1, -0.05) is 11.2 Å². The number of fused-ring (bicyclic) bond motifs is 1. The standard InChI is InChI=1S/C14H10N6O2S/c1-7-11-8(12(21)18-14-15-6-16-19-14)5-9(10-3-2-4-23-10)17-13(11)22-20-7/h2-6H,1H3,(H2,15,16,18,19,21). The molecule has 2 N–H and O–H groups in total. The predicted octanol–water partition coefficient (Wildman–Crippen LogP) is 2.63. The number of hydrogen-bond acceptors (Lipinski definition) is 7. The number of H-pyrrole nitrogens is 1. The first-order valence-electron chi connectivity index (χ1n) is 6.70. The Hall–Kier alpha value is -3.07. The Balaban J connectivity index is 1.86. The van der Waals surface area contributed by atoms with E-state index >= 15 is 0 Å². The highest BCUT2D eigenvalue weighted by atomic mass is 32.1. The van der Waals surface area contributed by atoms with Crippen molar-refractivity contribution in [2.24, 2.45) is 0 Å². The molecule has 0 bridgehead atoms. The number of aryl methyl sites for hydroxylation is 1. The van der Waals surface area contributed by atoms with Gasteiger partial charge in [-0.2, -0.15) is 10.1 Å². The summed E-state index contributed by atoms with van der Waals surface area (Å²) < 4.78 is 5.24. The van der Waals surface area contributed by atoms with Crippen LogP contribution in [0.3, 0.4) is 0 Å². The van der Waals surface area contributed by atoms with Gasteiger partial charge in [0, 0.05) is 0 Å². The van der Waals surface area contributed by atoms with Gasteiger partial charge >= 0.3 is 0 Å². The number of aromatic amines is 1. The van der Waals surface area contributed by atoms with Crippen LogP contribution in [0.25, 0.3) is 21.7 Å². The molecule has 0 fully saturated rings. The summed E-state index contributed by atoms with van der Waals surface area (Å²) >= 11 is 1.53. The van der Waals surface area contributed by atoms with Crippen LogP contribution in [0, 0.1) is 6.92 Å². The molecule has 0 saturated carbocycles. The Bertz CT molecular complexity index is 974. The van der Waals surface area contributed by atoms with E-state index in [1.165, 1.54) is 17.7 Å². The second kappa shape index (κ2) is 5.29. The van der Waals surface area contributed by atoms with Gasteiger partial charge in [-0.3, -0.25) is 10.1 Å². The van der Waals surface area contributed by atoms with Crippen LogP contribution in [-0.2, 0) is 0 Å². The first-order chi connectivity index (χ1) is 11.2. The van der Waals surface area contributed by atoms with E-state index in [1.54, 1.807) is 13.0 Å². The smallest absolute Gasteiger partial charge is 0.259 e. The van der Waals surface area contributed by atoms with Crippen molar-refractivity contribution < 1.29 is 9.32 Å². The van der Waals surface area contributed by atoms with Crippen molar-refractivity contribution >= 4 is 34.3 Å². The van der Waals surface area contributed by atoms with Crippen molar-refractivity contribution in [2.45, 2.75) is 6.92 Å². The average molecular weight is 326 g/mol. The van der Waals surface area contributed by atoms with Gasteiger partial charge in [-0.05, 0) is 24.4 Å². The maximum atomic E-state index is 12.6. The van der Waals surface area contributed by atoms with Crippen molar-refractivity contribution in [1.29, 1.82) is 0 Å². The fourth-order valence-corrected chi connectivity index (χ4v) is 2.95. The van der Waals surface area contributed by atoms with E-state index < -0.39 is 0 Å². The second-order valence-corrected chi connectivity index (χ2v) is 5.72. The van der Waals surface area contributed by atoms with Crippen LogP contribution < -0.4 is 5.32 Å². The summed E-state index contributed by atoms with van der Waals surface area (Å²) in [4.78, 5) is 21.9. The van der Waals surface area contributed by atoms with E-state index in [0.29, 0.717) is 28.1 Å². The molecule has 0 aromatic carbocycles. The summed E-state index contributed by atoms with van der Waals surface area (Å²) in [7, 11) is 0. The third kappa shape index (κ3) is 2.36. The molecular weight excluding hydrogens is 316 g/mol. The molecule has 0 atom stereocenters. The third-order valence-electron chi connectivity index (χ3n) is 3.28. The van der Waals surface area contributed by atoms with E-state index in [9.17, 15) is 4.79 Å². The maximum absolute atomic E-state index is 12.6. The number of anilines is 1. The number of carbonyl (C=O) groups excluding carboxylic acids is 1. The lowest BCUT2D eigenvalue weighted by Crippen LogP contribution is -2.14. The number of rotatable bonds is 3. The minimum atomic E-state index is -0.335. The number of aromatic nitrogens is 5. The lowest BCUT2D eigenvalue weighted by molar-refractivity contribution is 0.102. The molecule has 4 aromatic heterocycles. The Labute approximate surface area is 133 Å². The van der Waals surface area contributed by atoms with Crippen molar-refractivity contribution in [3.05, 3.63) is 41.2 Å². The highest BCUT2D eigenvalue weighted by Gasteiger charge is 2.20. The molecule has 8 nitrogen and oxygen atoms in total. The van der Waals surface area contributed by atoms with E-state index in [0.717, 1.165) is 4.88 Å². The van der Waals surface area contributed by atoms with Gasteiger partial charge in [0.15, 0.2) is 0 Å². The van der Waals surface area contributed by atoms with Gasteiger partial charge in [0.1, 0.15) is 6.33 Å². The van der Waals surface area contributed by atoms with Crippen LogP contribution >= 0.6 is 11.3 Å². The van der Waals surface area contributed by atoms with Crippen LogP contribution in [0.4, 0.5) is 5.95 Å². The largest absolute Gasteiger partial charge is 0.335 e. The molecule has 23 heavy (non-hydrogen) atoms. The molecule has 0 unspecified atom stereocenters. The fourth-order valence-electron chi connectivity index (χ4n) is 2.26. The molecule has 0 spiro atoms. The molecule has 0 saturated heterocycles. The SMILES string of the molecule is Cc1noc2nc(-c3cccs3)cc(C(=O)Nc3ncn[nH]3)c12. The summed E-state index contributed by atoms with van der Waals surface area (Å²) in [6, 6.07) is 5.58. The lowest BCUT2D eigenvalue weighted by Gasteiger charge is -2.05. The number of thiophene rings is 1. The molecule has 0 radical (unpaired) electrons. The third-order valence-corrected chi connectivity index (χ3v) is 4.17. The van der Waals surface area contributed by atoms with E-state index in [2.05, 4.69) is 30.6 Å². The van der Waals surface area contributed by atoms with Crippen LogP contribution in [0.2, 0.25) is 0 Å². The van der Waals surface area contributed by atoms with Gasteiger partial charge in [0.25, 0.3) is 11.6 Å². The van der Waals surface area contributed by atoms with Gasteiger partial charge in [0.2, 0.25) is 5.95 Å². The number of carbonyl (C=O) groups is 1. The topological polar surface area (TPSA) is 110 Å². The maximum Gasteiger partial charge on any atom is 0.259 e. The Kier molecular flexibility index (Phi) is 3.12. The Morgan fingerprint density at radius 3 is 3.09 bits per heavy atom. The van der Waals surface area contributed by atoms with Gasteiger partial charge < -0.3 is 4.52 Å². The zero-order valence-electron chi connectivity index (χ0n) is 11.9. The van der Waals surface area contributed by atoms with Crippen LogP contribution in [0.5, 0.6) is 0 Å². The molecule has 0 aliphatic heterocycles. The number of nitrogens with zero attached hydrogens (tertiary/aromatic N) is 4. The monoisotopic (exact) mass is 326 g/mol. The molecule has 0 aliphatic rings.